The maximum absolute atomic E-state index is 11.1. The molecule has 0 aromatic rings. The van der Waals surface area contributed by atoms with Gasteiger partial charge < -0.3 is 10.5 Å². The smallest absolute Gasteiger partial charge is 0.307 e. The molecule has 0 aliphatic carbocycles. The second-order valence-corrected chi connectivity index (χ2v) is 3.96. The van der Waals surface area contributed by atoms with Crippen LogP contribution in [0.2, 0.25) is 0 Å². The Kier molecular flexibility index (Phi) is 4.24. The average molecular weight is 173 g/mol. The van der Waals surface area contributed by atoms with Gasteiger partial charge in [0, 0.05) is 6.04 Å². The van der Waals surface area contributed by atoms with Gasteiger partial charge in [0.05, 0.1) is 6.42 Å². The minimum absolute atomic E-state index is 0.0696. The van der Waals surface area contributed by atoms with Gasteiger partial charge in [0.1, 0.15) is 5.60 Å². The molecule has 3 nitrogen and oxygen atoms in total. The molecule has 0 radical (unpaired) electrons. The van der Waals surface area contributed by atoms with Gasteiger partial charge in [-0.15, -0.1) is 0 Å². The highest BCUT2D eigenvalue weighted by Gasteiger charge is 2.17. The summed E-state index contributed by atoms with van der Waals surface area (Å²) in [6.45, 7) is 7.50. The second kappa shape index (κ2) is 4.45. The number of carbonyl (C=O) groups is 1. The van der Waals surface area contributed by atoms with Crippen molar-refractivity contribution in [2.24, 2.45) is 5.73 Å². The van der Waals surface area contributed by atoms with Crippen LogP contribution in [0.1, 0.15) is 40.5 Å². The van der Waals surface area contributed by atoms with Crippen molar-refractivity contribution in [3.63, 3.8) is 0 Å². The molecule has 12 heavy (non-hydrogen) atoms. The van der Waals surface area contributed by atoms with Crippen LogP contribution in [0.5, 0.6) is 0 Å². The molecule has 0 spiro atoms. The summed E-state index contributed by atoms with van der Waals surface area (Å²) in [6, 6.07) is -0.0696. The molecule has 0 rings (SSSR count). The number of ether oxygens (including phenoxy) is 1. The third-order valence-electron chi connectivity index (χ3n) is 1.37. The van der Waals surface area contributed by atoms with Crippen LogP contribution >= 0.6 is 0 Å². The summed E-state index contributed by atoms with van der Waals surface area (Å²) in [5.74, 6) is -0.211. The number of hydrogen-bond acceptors (Lipinski definition) is 3. The first kappa shape index (κ1) is 11.4. The maximum atomic E-state index is 11.1. The van der Waals surface area contributed by atoms with E-state index in [2.05, 4.69) is 0 Å². The zero-order valence-electron chi connectivity index (χ0n) is 8.39. The van der Waals surface area contributed by atoms with E-state index in [1.54, 1.807) is 0 Å². The van der Waals surface area contributed by atoms with E-state index in [-0.39, 0.29) is 12.0 Å². The molecule has 1 atom stereocenters. The molecule has 0 unspecified atom stereocenters. The van der Waals surface area contributed by atoms with Crippen molar-refractivity contribution in [3.05, 3.63) is 0 Å². The highest BCUT2D eigenvalue weighted by atomic mass is 16.6. The van der Waals surface area contributed by atoms with E-state index in [0.29, 0.717) is 6.42 Å². The van der Waals surface area contributed by atoms with Crippen molar-refractivity contribution in [2.45, 2.75) is 52.2 Å². The number of esters is 1. The van der Waals surface area contributed by atoms with Crippen LogP contribution in [0.3, 0.4) is 0 Å². The lowest BCUT2D eigenvalue weighted by Crippen LogP contribution is -2.29. The molecule has 0 aromatic heterocycles. The molecule has 0 heterocycles. The Morgan fingerprint density at radius 1 is 1.50 bits per heavy atom. The molecule has 0 aliphatic rings. The van der Waals surface area contributed by atoms with Gasteiger partial charge in [0.2, 0.25) is 0 Å². The van der Waals surface area contributed by atoms with Crippen LogP contribution < -0.4 is 5.73 Å². The monoisotopic (exact) mass is 173 g/mol. The van der Waals surface area contributed by atoms with E-state index in [9.17, 15) is 4.79 Å². The Morgan fingerprint density at radius 3 is 2.33 bits per heavy atom. The molecule has 0 amide bonds. The van der Waals surface area contributed by atoms with E-state index in [4.69, 9.17) is 10.5 Å². The zero-order chi connectivity index (χ0) is 9.78. The largest absolute Gasteiger partial charge is 0.460 e. The molecule has 0 saturated carbocycles. The van der Waals surface area contributed by atoms with Crippen molar-refractivity contribution in [1.29, 1.82) is 0 Å². The molecule has 0 bridgehead atoms. The number of nitrogens with two attached hydrogens (primary N) is 1. The van der Waals surface area contributed by atoms with Gasteiger partial charge in [-0.3, -0.25) is 4.79 Å². The Labute approximate surface area is 74.3 Å². The van der Waals surface area contributed by atoms with Gasteiger partial charge in [-0.25, -0.2) is 0 Å². The lowest BCUT2D eigenvalue weighted by Gasteiger charge is -2.20. The van der Waals surface area contributed by atoms with E-state index in [1.165, 1.54) is 0 Å². The lowest BCUT2D eigenvalue weighted by molar-refractivity contribution is -0.155. The fraction of sp³-hybridized carbons (Fsp3) is 0.889. The van der Waals surface area contributed by atoms with Crippen LogP contribution in [0.25, 0.3) is 0 Å². The van der Waals surface area contributed by atoms with Crippen LogP contribution in [0.15, 0.2) is 0 Å². The molecule has 0 fully saturated rings. The molecule has 3 heteroatoms. The summed E-state index contributed by atoms with van der Waals surface area (Å²) in [5.41, 5.74) is 5.19. The molecular weight excluding hydrogens is 154 g/mol. The van der Waals surface area contributed by atoms with E-state index in [1.807, 2.05) is 27.7 Å². The van der Waals surface area contributed by atoms with Gasteiger partial charge in [-0.05, 0) is 27.2 Å². The second-order valence-electron chi connectivity index (χ2n) is 3.96. The van der Waals surface area contributed by atoms with Crippen LogP contribution in [-0.4, -0.2) is 17.6 Å². The number of carbonyl (C=O) groups excluding carboxylic acids is 1. The molecule has 0 aromatic carbocycles. The van der Waals surface area contributed by atoms with E-state index >= 15 is 0 Å². The van der Waals surface area contributed by atoms with Gasteiger partial charge in [0.25, 0.3) is 0 Å². The summed E-state index contributed by atoms with van der Waals surface area (Å²) < 4.78 is 5.09. The highest BCUT2D eigenvalue weighted by Crippen LogP contribution is 2.09. The zero-order valence-corrected chi connectivity index (χ0v) is 8.39. The number of hydrogen-bond donors (Lipinski definition) is 1. The molecule has 0 aliphatic heterocycles. The predicted molar refractivity (Wildman–Crippen MR) is 48.7 cm³/mol. The summed E-state index contributed by atoms with van der Waals surface area (Å²) in [5, 5.41) is 0. The SMILES string of the molecule is CC[C@@H](N)CC(=O)OC(C)(C)C. The third-order valence-corrected chi connectivity index (χ3v) is 1.37. The van der Waals surface area contributed by atoms with Crippen LogP contribution in [0.4, 0.5) is 0 Å². The normalized spacial score (nSPS) is 14.1. The van der Waals surface area contributed by atoms with Gasteiger partial charge in [-0.2, -0.15) is 0 Å². The van der Waals surface area contributed by atoms with Gasteiger partial charge in [-0.1, -0.05) is 6.92 Å². The average Bonchev–Trinajstić information content (AvgIpc) is 1.82. The van der Waals surface area contributed by atoms with Crippen LogP contribution in [-0.2, 0) is 9.53 Å². The first-order valence-electron chi connectivity index (χ1n) is 4.32. The molecule has 2 N–H and O–H groups in total. The summed E-state index contributed by atoms with van der Waals surface area (Å²) in [4.78, 5) is 11.1. The van der Waals surface area contributed by atoms with E-state index < -0.39 is 5.60 Å². The molecular formula is C9H19NO2. The Balaban J connectivity index is 3.75. The summed E-state index contributed by atoms with van der Waals surface area (Å²) in [6.07, 6.45) is 1.12. The van der Waals surface area contributed by atoms with Crippen LogP contribution in [0, 0.1) is 0 Å². The topological polar surface area (TPSA) is 52.3 Å². The highest BCUT2D eigenvalue weighted by molar-refractivity contribution is 5.70. The van der Waals surface area contributed by atoms with Crippen molar-refractivity contribution < 1.29 is 9.53 Å². The van der Waals surface area contributed by atoms with Crippen molar-refractivity contribution in [3.8, 4) is 0 Å². The number of rotatable bonds is 3. The summed E-state index contributed by atoms with van der Waals surface area (Å²) in [7, 11) is 0. The molecule has 0 saturated heterocycles. The lowest BCUT2D eigenvalue weighted by atomic mass is 10.1. The van der Waals surface area contributed by atoms with E-state index in [0.717, 1.165) is 6.42 Å². The first-order valence-corrected chi connectivity index (χ1v) is 4.32. The Bertz CT molecular complexity index is 149. The predicted octanol–water partition coefficient (Wildman–Crippen LogP) is 1.46. The van der Waals surface area contributed by atoms with Crippen molar-refractivity contribution in [1.82, 2.24) is 0 Å². The minimum atomic E-state index is -0.398. The standard InChI is InChI=1S/C9H19NO2/c1-5-7(10)6-8(11)12-9(2,3)4/h7H,5-6,10H2,1-4H3/t7-/m1/s1. The third kappa shape index (κ3) is 6.16. The fourth-order valence-corrected chi connectivity index (χ4v) is 0.742. The van der Waals surface area contributed by atoms with Crippen molar-refractivity contribution in [2.75, 3.05) is 0 Å². The Hall–Kier alpha value is -0.570. The summed E-state index contributed by atoms with van der Waals surface area (Å²) >= 11 is 0. The van der Waals surface area contributed by atoms with Gasteiger partial charge in [0.15, 0.2) is 0 Å². The fourth-order valence-electron chi connectivity index (χ4n) is 0.742. The van der Waals surface area contributed by atoms with Crippen molar-refractivity contribution >= 4 is 5.97 Å². The van der Waals surface area contributed by atoms with Gasteiger partial charge >= 0.3 is 5.97 Å². The maximum Gasteiger partial charge on any atom is 0.307 e. The quantitative estimate of drug-likeness (QED) is 0.657. The minimum Gasteiger partial charge on any atom is -0.460 e. The Morgan fingerprint density at radius 2 is 2.00 bits per heavy atom. The first-order chi connectivity index (χ1) is 5.35. The molecule has 72 valence electrons.